The normalized spacial score (nSPS) is 10.9. The van der Waals surface area contributed by atoms with Crippen molar-refractivity contribution in [1.82, 2.24) is 0 Å². The van der Waals surface area contributed by atoms with Crippen molar-refractivity contribution in [3.8, 4) is 28.6 Å². The Bertz CT molecular complexity index is 1380. The summed E-state index contributed by atoms with van der Waals surface area (Å²) in [5.41, 5.74) is 14.8. The van der Waals surface area contributed by atoms with E-state index in [0.29, 0.717) is 58.4 Å². The summed E-state index contributed by atoms with van der Waals surface area (Å²) in [7, 11) is 1.58. The number of methoxy groups -OCH3 is 1. The van der Waals surface area contributed by atoms with Gasteiger partial charge in [-0.05, 0) is 81.1 Å². The second-order valence-electron chi connectivity index (χ2n) is 8.68. The van der Waals surface area contributed by atoms with Crippen molar-refractivity contribution in [3.63, 3.8) is 0 Å². The number of fused-ring (bicyclic) bond motifs is 1. The molecule has 0 aliphatic heterocycles. The first-order valence-corrected chi connectivity index (χ1v) is 12.1. The zero-order valence-corrected chi connectivity index (χ0v) is 20.7. The quantitative estimate of drug-likeness (QED) is 0.198. The zero-order valence-electron chi connectivity index (χ0n) is 20.7. The number of unbranched alkanes of at least 4 members (excludes halogenated alkanes) is 3. The summed E-state index contributed by atoms with van der Waals surface area (Å²) in [6.45, 7) is 3.02. The van der Waals surface area contributed by atoms with Gasteiger partial charge in [0.15, 0.2) is 5.43 Å². The van der Waals surface area contributed by atoms with Crippen LogP contribution < -0.4 is 31.1 Å². The smallest absolute Gasteiger partial charge is 0.196 e. The van der Waals surface area contributed by atoms with Gasteiger partial charge in [-0.2, -0.15) is 0 Å². The fraction of sp³-hybridized carbons (Fsp3) is 0.276. The summed E-state index contributed by atoms with van der Waals surface area (Å²) < 4.78 is 23.0. The molecule has 1 aromatic heterocycles. The number of nitrogen functional groups attached to an aromatic ring is 2. The summed E-state index contributed by atoms with van der Waals surface area (Å²) in [5.74, 6) is 2.61. The predicted molar refractivity (Wildman–Crippen MR) is 144 cm³/mol. The lowest BCUT2D eigenvalue weighted by Crippen LogP contribution is -2.07. The molecule has 0 radical (unpaired) electrons. The highest BCUT2D eigenvalue weighted by Crippen LogP contribution is 2.29. The standard InChI is InChI=1S/C29H32N2O5/c1-19-28(32)24-13-12-23(33-2)18-26(24)36-29(19)20-7-10-22(11-8-20)34-15-5-3-4-6-16-35-27-17-21(30)9-14-25(27)31/h7-14,17-18H,3-6,15-16,30-31H2,1-2H3. The molecule has 0 saturated carbocycles. The van der Waals surface area contributed by atoms with E-state index in [1.54, 1.807) is 50.4 Å². The van der Waals surface area contributed by atoms with E-state index in [1.807, 2.05) is 24.3 Å². The van der Waals surface area contributed by atoms with Gasteiger partial charge in [-0.15, -0.1) is 0 Å². The molecule has 0 aliphatic carbocycles. The monoisotopic (exact) mass is 488 g/mol. The SMILES string of the molecule is COc1ccc2c(=O)c(C)c(-c3ccc(OCCCCCCOc4cc(N)ccc4N)cc3)oc2c1. The number of rotatable bonds is 11. The van der Waals surface area contributed by atoms with Crippen molar-refractivity contribution < 1.29 is 18.6 Å². The van der Waals surface area contributed by atoms with Crippen LogP contribution >= 0.6 is 0 Å². The number of anilines is 2. The van der Waals surface area contributed by atoms with Gasteiger partial charge in [-0.1, -0.05) is 0 Å². The molecule has 36 heavy (non-hydrogen) atoms. The summed E-state index contributed by atoms with van der Waals surface area (Å²) in [5, 5.41) is 0.539. The second kappa shape index (κ2) is 11.5. The maximum absolute atomic E-state index is 12.8. The molecule has 0 unspecified atom stereocenters. The fourth-order valence-electron chi connectivity index (χ4n) is 3.98. The maximum atomic E-state index is 12.8. The van der Waals surface area contributed by atoms with Gasteiger partial charge >= 0.3 is 0 Å². The molecule has 7 heteroatoms. The topological polar surface area (TPSA) is 110 Å². The highest BCUT2D eigenvalue weighted by molar-refractivity contribution is 5.81. The Morgan fingerprint density at radius 3 is 2.22 bits per heavy atom. The first-order chi connectivity index (χ1) is 17.5. The van der Waals surface area contributed by atoms with Crippen molar-refractivity contribution in [1.29, 1.82) is 0 Å². The lowest BCUT2D eigenvalue weighted by molar-refractivity contribution is 0.288. The molecule has 0 atom stereocenters. The molecule has 4 N–H and O–H groups in total. The molecule has 0 aliphatic rings. The van der Waals surface area contributed by atoms with Crippen molar-refractivity contribution >= 4 is 22.3 Å². The highest BCUT2D eigenvalue weighted by Gasteiger charge is 2.13. The van der Waals surface area contributed by atoms with E-state index < -0.39 is 0 Å². The maximum Gasteiger partial charge on any atom is 0.196 e. The van der Waals surface area contributed by atoms with E-state index in [9.17, 15) is 4.79 Å². The average molecular weight is 489 g/mol. The third-order valence-electron chi connectivity index (χ3n) is 6.05. The molecule has 4 rings (SSSR count). The summed E-state index contributed by atoms with van der Waals surface area (Å²) >= 11 is 0. The van der Waals surface area contributed by atoms with Gasteiger partial charge in [-0.3, -0.25) is 4.79 Å². The zero-order chi connectivity index (χ0) is 25.5. The van der Waals surface area contributed by atoms with Gasteiger partial charge < -0.3 is 30.1 Å². The van der Waals surface area contributed by atoms with E-state index in [0.717, 1.165) is 37.0 Å². The number of nitrogens with two attached hydrogens (primary N) is 2. The van der Waals surface area contributed by atoms with Gasteiger partial charge in [0.1, 0.15) is 28.6 Å². The van der Waals surface area contributed by atoms with E-state index in [1.165, 1.54) is 0 Å². The third kappa shape index (κ3) is 5.92. The van der Waals surface area contributed by atoms with Crippen LogP contribution in [0.2, 0.25) is 0 Å². The summed E-state index contributed by atoms with van der Waals surface area (Å²) in [4.78, 5) is 12.8. The van der Waals surface area contributed by atoms with Crippen LogP contribution in [-0.2, 0) is 0 Å². The molecule has 1 heterocycles. The van der Waals surface area contributed by atoms with Crippen LogP contribution in [0.1, 0.15) is 31.2 Å². The van der Waals surface area contributed by atoms with Gasteiger partial charge in [0, 0.05) is 28.9 Å². The number of benzene rings is 3. The Hall–Kier alpha value is -4.13. The predicted octanol–water partition coefficient (Wildman–Crippen LogP) is 5.96. The average Bonchev–Trinajstić information content (AvgIpc) is 2.89. The van der Waals surface area contributed by atoms with Crippen LogP contribution in [0.15, 0.2) is 69.9 Å². The van der Waals surface area contributed by atoms with Gasteiger partial charge in [0.2, 0.25) is 0 Å². The van der Waals surface area contributed by atoms with E-state index in [4.69, 9.17) is 30.1 Å². The molecule has 3 aromatic carbocycles. The summed E-state index contributed by atoms with van der Waals surface area (Å²) in [6, 6.07) is 18.1. The Morgan fingerprint density at radius 2 is 1.50 bits per heavy atom. The number of ether oxygens (including phenoxy) is 3. The largest absolute Gasteiger partial charge is 0.497 e. The molecule has 0 spiro atoms. The Kier molecular flexibility index (Phi) is 8.00. The molecular weight excluding hydrogens is 456 g/mol. The molecule has 0 amide bonds. The van der Waals surface area contributed by atoms with Crippen LogP contribution in [0, 0.1) is 6.92 Å². The van der Waals surface area contributed by atoms with Gasteiger partial charge in [0.25, 0.3) is 0 Å². The van der Waals surface area contributed by atoms with Crippen LogP contribution in [0.25, 0.3) is 22.3 Å². The number of hydrogen-bond acceptors (Lipinski definition) is 7. The Balaban J connectivity index is 1.25. The van der Waals surface area contributed by atoms with Crippen LogP contribution in [0.5, 0.6) is 17.2 Å². The lowest BCUT2D eigenvalue weighted by Gasteiger charge is -2.10. The lowest BCUT2D eigenvalue weighted by atomic mass is 10.1. The third-order valence-corrected chi connectivity index (χ3v) is 6.05. The first-order valence-electron chi connectivity index (χ1n) is 12.1. The van der Waals surface area contributed by atoms with E-state index >= 15 is 0 Å². The summed E-state index contributed by atoms with van der Waals surface area (Å²) in [6.07, 6.45) is 3.96. The second-order valence-corrected chi connectivity index (χ2v) is 8.68. The molecule has 0 fully saturated rings. The molecule has 0 saturated heterocycles. The number of hydrogen-bond donors (Lipinski definition) is 2. The van der Waals surface area contributed by atoms with Crippen LogP contribution in [0.3, 0.4) is 0 Å². The van der Waals surface area contributed by atoms with Crippen molar-refractivity contribution in [3.05, 3.63) is 76.5 Å². The Labute approximate surface area is 210 Å². The van der Waals surface area contributed by atoms with Crippen LogP contribution in [0.4, 0.5) is 11.4 Å². The molecule has 7 nitrogen and oxygen atoms in total. The molecular formula is C29H32N2O5. The first kappa shape index (κ1) is 25.0. The minimum Gasteiger partial charge on any atom is -0.497 e. The molecule has 4 aromatic rings. The van der Waals surface area contributed by atoms with Gasteiger partial charge in [-0.25, -0.2) is 0 Å². The van der Waals surface area contributed by atoms with E-state index in [-0.39, 0.29) is 5.43 Å². The van der Waals surface area contributed by atoms with Gasteiger partial charge in [0.05, 0.1) is 31.4 Å². The van der Waals surface area contributed by atoms with Crippen molar-refractivity contribution in [2.24, 2.45) is 0 Å². The van der Waals surface area contributed by atoms with E-state index in [2.05, 4.69) is 0 Å². The minimum absolute atomic E-state index is 0.0454. The van der Waals surface area contributed by atoms with Crippen molar-refractivity contribution in [2.45, 2.75) is 32.6 Å². The fourth-order valence-corrected chi connectivity index (χ4v) is 3.98. The minimum atomic E-state index is -0.0454. The Morgan fingerprint density at radius 1 is 0.806 bits per heavy atom. The van der Waals surface area contributed by atoms with Crippen molar-refractivity contribution in [2.75, 3.05) is 31.8 Å². The molecule has 0 bridgehead atoms. The van der Waals surface area contributed by atoms with Crippen LogP contribution in [-0.4, -0.2) is 20.3 Å². The highest BCUT2D eigenvalue weighted by atomic mass is 16.5. The molecule has 188 valence electrons.